The molecule has 2 aromatic rings. The van der Waals surface area contributed by atoms with E-state index in [0.29, 0.717) is 13.0 Å². The third kappa shape index (κ3) is 3.30. The van der Waals surface area contributed by atoms with Crippen LogP contribution in [0.1, 0.15) is 41.4 Å². The maximum absolute atomic E-state index is 12.4. The van der Waals surface area contributed by atoms with Gasteiger partial charge in [0.1, 0.15) is 5.82 Å². The molecule has 114 valence electrons. The number of carbonyl (C=O) groups is 1. The van der Waals surface area contributed by atoms with E-state index in [4.69, 9.17) is 0 Å². The molecule has 1 aliphatic rings. The fourth-order valence-electron chi connectivity index (χ4n) is 2.83. The van der Waals surface area contributed by atoms with Crippen molar-refractivity contribution in [2.45, 2.75) is 38.5 Å². The van der Waals surface area contributed by atoms with E-state index in [1.165, 1.54) is 5.56 Å². The maximum atomic E-state index is 12.4. The summed E-state index contributed by atoms with van der Waals surface area (Å²) >= 11 is 0. The van der Waals surface area contributed by atoms with Crippen LogP contribution in [0, 0.1) is 6.92 Å². The summed E-state index contributed by atoms with van der Waals surface area (Å²) in [5.41, 5.74) is 3.19. The third-order valence-corrected chi connectivity index (χ3v) is 3.99. The Morgan fingerprint density at radius 1 is 1.32 bits per heavy atom. The Kier molecular flexibility index (Phi) is 4.42. The van der Waals surface area contributed by atoms with Gasteiger partial charge >= 0.3 is 0 Å². The largest absolute Gasteiger partial charge is 0.355 e. The van der Waals surface area contributed by atoms with E-state index in [-0.39, 0.29) is 11.8 Å². The van der Waals surface area contributed by atoms with E-state index in [2.05, 4.69) is 26.3 Å². The van der Waals surface area contributed by atoms with E-state index in [0.717, 1.165) is 36.3 Å². The van der Waals surface area contributed by atoms with Crippen LogP contribution >= 0.6 is 0 Å². The average Bonchev–Trinajstić information content (AvgIpc) is 2.56. The van der Waals surface area contributed by atoms with Gasteiger partial charge in [-0.1, -0.05) is 6.07 Å². The Morgan fingerprint density at radius 3 is 2.95 bits per heavy atom. The van der Waals surface area contributed by atoms with Crippen LogP contribution in [-0.4, -0.2) is 27.4 Å². The van der Waals surface area contributed by atoms with Gasteiger partial charge in [-0.25, -0.2) is 9.97 Å². The summed E-state index contributed by atoms with van der Waals surface area (Å²) in [6, 6.07) is 4.01. The Hall–Kier alpha value is -2.30. The lowest BCUT2D eigenvalue weighted by molar-refractivity contribution is -0.122. The molecule has 2 heterocycles. The highest BCUT2D eigenvalue weighted by Crippen LogP contribution is 2.29. The summed E-state index contributed by atoms with van der Waals surface area (Å²) in [6.07, 6.45) is 8.94. The van der Waals surface area contributed by atoms with Gasteiger partial charge in [-0.3, -0.25) is 9.78 Å². The zero-order valence-corrected chi connectivity index (χ0v) is 12.7. The standard InChI is InChI=1S/C17H20N4O/c1-12-10-20-15(21-11-12)7-9-19-17(22)14-6-2-4-13-5-3-8-18-16(13)14/h3,5,8,10-11,14H,2,4,6-7,9H2,1H3,(H,19,22). The van der Waals surface area contributed by atoms with E-state index in [1.54, 1.807) is 18.6 Å². The molecule has 5 nitrogen and oxygen atoms in total. The van der Waals surface area contributed by atoms with E-state index < -0.39 is 0 Å². The smallest absolute Gasteiger partial charge is 0.229 e. The molecule has 0 saturated carbocycles. The Labute approximate surface area is 130 Å². The first kappa shape index (κ1) is 14.6. The van der Waals surface area contributed by atoms with Gasteiger partial charge < -0.3 is 5.32 Å². The molecule has 0 bridgehead atoms. The predicted octanol–water partition coefficient (Wildman–Crippen LogP) is 1.96. The van der Waals surface area contributed by atoms with Gasteiger partial charge in [0.15, 0.2) is 0 Å². The normalized spacial score (nSPS) is 16.9. The molecule has 0 aliphatic heterocycles. The van der Waals surface area contributed by atoms with Crippen molar-refractivity contribution in [3.63, 3.8) is 0 Å². The molecule has 0 saturated heterocycles. The van der Waals surface area contributed by atoms with Crippen molar-refractivity contribution in [1.29, 1.82) is 0 Å². The Balaban J connectivity index is 1.58. The van der Waals surface area contributed by atoms with Crippen molar-refractivity contribution in [1.82, 2.24) is 20.3 Å². The quantitative estimate of drug-likeness (QED) is 0.936. The summed E-state index contributed by atoms with van der Waals surface area (Å²) in [6.45, 7) is 2.51. The molecule has 5 heteroatoms. The maximum Gasteiger partial charge on any atom is 0.229 e. The van der Waals surface area contributed by atoms with Crippen LogP contribution in [0.3, 0.4) is 0 Å². The molecular formula is C17H20N4O. The third-order valence-electron chi connectivity index (χ3n) is 3.99. The minimum atomic E-state index is -0.121. The lowest BCUT2D eigenvalue weighted by atomic mass is 9.86. The second-order valence-corrected chi connectivity index (χ2v) is 5.71. The molecule has 1 N–H and O–H groups in total. The zero-order chi connectivity index (χ0) is 15.4. The molecule has 1 atom stereocenters. The highest BCUT2D eigenvalue weighted by atomic mass is 16.1. The number of nitrogens with zero attached hydrogens (tertiary/aromatic N) is 3. The second kappa shape index (κ2) is 6.64. The molecule has 0 fully saturated rings. The number of aromatic nitrogens is 3. The number of hydrogen-bond acceptors (Lipinski definition) is 4. The van der Waals surface area contributed by atoms with Gasteiger partial charge in [-0.15, -0.1) is 0 Å². The van der Waals surface area contributed by atoms with Crippen molar-refractivity contribution in [2.24, 2.45) is 0 Å². The van der Waals surface area contributed by atoms with E-state index in [1.807, 2.05) is 13.0 Å². The molecule has 22 heavy (non-hydrogen) atoms. The summed E-state index contributed by atoms with van der Waals surface area (Å²) in [5, 5.41) is 3.00. The number of nitrogens with one attached hydrogen (secondary N) is 1. The van der Waals surface area contributed by atoms with Gasteiger partial charge in [0.05, 0.1) is 11.6 Å². The molecule has 1 unspecified atom stereocenters. The minimum Gasteiger partial charge on any atom is -0.355 e. The number of amides is 1. The topological polar surface area (TPSA) is 67.8 Å². The van der Waals surface area contributed by atoms with Crippen LogP contribution in [0.4, 0.5) is 0 Å². The molecule has 1 amide bonds. The molecule has 0 radical (unpaired) electrons. The first-order valence-corrected chi connectivity index (χ1v) is 7.73. The van der Waals surface area contributed by atoms with Gasteiger partial charge in [0.25, 0.3) is 0 Å². The van der Waals surface area contributed by atoms with Crippen molar-refractivity contribution < 1.29 is 4.79 Å². The van der Waals surface area contributed by atoms with Gasteiger partial charge in [-0.2, -0.15) is 0 Å². The predicted molar refractivity (Wildman–Crippen MR) is 83.4 cm³/mol. The highest BCUT2D eigenvalue weighted by Gasteiger charge is 2.27. The summed E-state index contributed by atoms with van der Waals surface area (Å²) < 4.78 is 0. The van der Waals surface area contributed by atoms with Crippen LogP contribution in [-0.2, 0) is 17.6 Å². The number of rotatable bonds is 4. The number of fused-ring (bicyclic) bond motifs is 1. The van der Waals surface area contributed by atoms with Crippen LogP contribution in [0.15, 0.2) is 30.7 Å². The lowest BCUT2D eigenvalue weighted by Crippen LogP contribution is -2.33. The monoisotopic (exact) mass is 296 g/mol. The summed E-state index contributed by atoms with van der Waals surface area (Å²) in [7, 11) is 0. The molecule has 1 aliphatic carbocycles. The number of pyridine rings is 1. The molecule has 3 rings (SSSR count). The second-order valence-electron chi connectivity index (χ2n) is 5.71. The van der Waals surface area contributed by atoms with Gasteiger partial charge in [0, 0.05) is 31.6 Å². The summed E-state index contributed by atoms with van der Waals surface area (Å²) in [5.74, 6) is 0.698. The van der Waals surface area contributed by atoms with E-state index >= 15 is 0 Å². The SMILES string of the molecule is Cc1cnc(CCNC(=O)C2CCCc3cccnc32)nc1. The number of aryl methyl sites for hydroxylation is 2. The van der Waals surface area contributed by atoms with Crippen molar-refractivity contribution in [2.75, 3.05) is 6.54 Å². The van der Waals surface area contributed by atoms with Crippen LogP contribution in [0.5, 0.6) is 0 Å². The Morgan fingerprint density at radius 2 is 2.14 bits per heavy atom. The lowest BCUT2D eigenvalue weighted by Gasteiger charge is -2.23. The van der Waals surface area contributed by atoms with Crippen molar-refractivity contribution in [3.8, 4) is 0 Å². The average molecular weight is 296 g/mol. The van der Waals surface area contributed by atoms with Crippen molar-refractivity contribution >= 4 is 5.91 Å². The highest BCUT2D eigenvalue weighted by molar-refractivity contribution is 5.83. The van der Waals surface area contributed by atoms with Crippen LogP contribution < -0.4 is 5.32 Å². The molecule has 2 aromatic heterocycles. The zero-order valence-electron chi connectivity index (χ0n) is 12.7. The fourth-order valence-corrected chi connectivity index (χ4v) is 2.83. The Bertz CT molecular complexity index is 654. The molecular weight excluding hydrogens is 276 g/mol. The van der Waals surface area contributed by atoms with Crippen LogP contribution in [0.2, 0.25) is 0 Å². The van der Waals surface area contributed by atoms with Gasteiger partial charge in [-0.05, 0) is 43.4 Å². The van der Waals surface area contributed by atoms with E-state index in [9.17, 15) is 4.79 Å². The van der Waals surface area contributed by atoms with Crippen molar-refractivity contribution in [3.05, 3.63) is 53.4 Å². The van der Waals surface area contributed by atoms with Gasteiger partial charge in [0.2, 0.25) is 5.91 Å². The molecule has 0 aromatic carbocycles. The fraction of sp³-hybridized carbons (Fsp3) is 0.412. The van der Waals surface area contributed by atoms with Crippen LogP contribution in [0.25, 0.3) is 0 Å². The molecule has 0 spiro atoms. The number of hydrogen-bond donors (Lipinski definition) is 1. The first-order chi connectivity index (χ1) is 10.7. The number of carbonyl (C=O) groups excluding carboxylic acids is 1. The first-order valence-electron chi connectivity index (χ1n) is 7.73. The summed E-state index contributed by atoms with van der Waals surface area (Å²) in [4.78, 5) is 25.3. The minimum absolute atomic E-state index is 0.0618.